The van der Waals surface area contributed by atoms with Crippen molar-refractivity contribution in [2.45, 2.75) is 26.3 Å². The molecule has 0 aliphatic rings. The lowest BCUT2D eigenvalue weighted by atomic mass is 10.1. The topological polar surface area (TPSA) is 34.2 Å². The van der Waals surface area contributed by atoms with E-state index in [1.54, 1.807) is 12.3 Å². The molecule has 0 spiro atoms. The van der Waals surface area contributed by atoms with E-state index in [0.717, 1.165) is 18.5 Å². The standard InChI is InChI=1S/C16H18BrFN2O/c1-3-5-19-11(2)12-4-6-20-16(7-12)21-15-9-13(17)8-14(18)10-15/h4,6-11,19H,3,5H2,1-2H3. The van der Waals surface area contributed by atoms with Crippen LogP contribution in [0.4, 0.5) is 4.39 Å². The van der Waals surface area contributed by atoms with Gasteiger partial charge in [-0.05, 0) is 43.7 Å². The van der Waals surface area contributed by atoms with E-state index in [-0.39, 0.29) is 11.9 Å². The number of benzene rings is 1. The van der Waals surface area contributed by atoms with Crippen LogP contribution in [0.25, 0.3) is 0 Å². The van der Waals surface area contributed by atoms with Gasteiger partial charge < -0.3 is 10.1 Å². The summed E-state index contributed by atoms with van der Waals surface area (Å²) < 4.78 is 19.6. The molecule has 1 unspecified atom stereocenters. The summed E-state index contributed by atoms with van der Waals surface area (Å²) in [6, 6.07) is 8.45. The lowest BCUT2D eigenvalue weighted by Gasteiger charge is -2.14. The Morgan fingerprint density at radius 3 is 2.86 bits per heavy atom. The Morgan fingerprint density at radius 1 is 1.33 bits per heavy atom. The third kappa shape index (κ3) is 4.79. The Labute approximate surface area is 132 Å². The average molecular weight is 353 g/mol. The number of rotatable bonds is 6. The predicted molar refractivity (Wildman–Crippen MR) is 85.1 cm³/mol. The normalized spacial score (nSPS) is 12.2. The Morgan fingerprint density at radius 2 is 2.14 bits per heavy atom. The fraction of sp³-hybridized carbons (Fsp3) is 0.312. The Kier molecular flexibility index (Phi) is 5.70. The summed E-state index contributed by atoms with van der Waals surface area (Å²) in [4.78, 5) is 4.17. The molecule has 0 amide bonds. The van der Waals surface area contributed by atoms with E-state index < -0.39 is 0 Å². The fourth-order valence-corrected chi connectivity index (χ4v) is 2.38. The summed E-state index contributed by atoms with van der Waals surface area (Å²) in [5, 5.41) is 3.41. The minimum Gasteiger partial charge on any atom is -0.439 e. The second kappa shape index (κ2) is 7.52. The molecule has 2 aromatic rings. The van der Waals surface area contributed by atoms with Crippen molar-refractivity contribution in [1.29, 1.82) is 0 Å². The van der Waals surface area contributed by atoms with Crippen LogP contribution >= 0.6 is 15.9 Å². The molecule has 0 saturated carbocycles. The van der Waals surface area contributed by atoms with Gasteiger partial charge in [0.15, 0.2) is 0 Å². The number of nitrogens with zero attached hydrogens (tertiary/aromatic N) is 1. The van der Waals surface area contributed by atoms with Crippen LogP contribution in [0, 0.1) is 5.82 Å². The van der Waals surface area contributed by atoms with E-state index in [0.29, 0.717) is 16.1 Å². The maximum absolute atomic E-state index is 13.3. The van der Waals surface area contributed by atoms with Crippen molar-refractivity contribution in [2.75, 3.05) is 6.54 Å². The highest BCUT2D eigenvalue weighted by Gasteiger charge is 2.08. The van der Waals surface area contributed by atoms with Gasteiger partial charge in [-0.1, -0.05) is 22.9 Å². The maximum atomic E-state index is 13.3. The zero-order valence-corrected chi connectivity index (χ0v) is 13.7. The maximum Gasteiger partial charge on any atom is 0.219 e. The van der Waals surface area contributed by atoms with Gasteiger partial charge in [0.05, 0.1) is 0 Å². The number of hydrogen-bond donors (Lipinski definition) is 1. The molecule has 21 heavy (non-hydrogen) atoms. The fourth-order valence-electron chi connectivity index (χ4n) is 1.94. The minimum atomic E-state index is -0.353. The van der Waals surface area contributed by atoms with Gasteiger partial charge in [0.1, 0.15) is 11.6 Å². The number of nitrogens with one attached hydrogen (secondary N) is 1. The summed E-state index contributed by atoms with van der Waals surface area (Å²) in [5.41, 5.74) is 1.09. The van der Waals surface area contributed by atoms with E-state index in [1.807, 2.05) is 12.1 Å². The number of aromatic nitrogens is 1. The minimum absolute atomic E-state index is 0.217. The summed E-state index contributed by atoms with van der Waals surface area (Å²) in [7, 11) is 0. The number of pyridine rings is 1. The highest BCUT2D eigenvalue weighted by molar-refractivity contribution is 9.10. The lowest BCUT2D eigenvalue weighted by molar-refractivity contribution is 0.455. The summed E-state index contributed by atoms with van der Waals surface area (Å²) in [6.45, 7) is 5.17. The molecule has 2 rings (SSSR count). The van der Waals surface area contributed by atoms with Crippen LogP contribution in [0.15, 0.2) is 41.0 Å². The molecule has 5 heteroatoms. The van der Waals surface area contributed by atoms with Gasteiger partial charge in [-0.15, -0.1) is 0 Å². The third-order valence-electron chi connectivity index (χ3n) is 3.02. The third-order valence-corrected chi connectivity index (χ3v) is 3.48. The van der Waals surface area contributed by atoms with Crippen molar-refractivity contribution < 1.29 is 9.13 Å². The van der Waals surface area contributed by atoms with E-state index >= 15 is 0 Å². The van der Waals surface area contributed by atoms with Crippen LogP contribution in [0.1, 0.15) is 31.9 Å². The number of ether oxygens (including phenoxy) is 1. The zero-order chi connectivity index (χ0) is 15.2. The molecular formula is C16H18BrFN2O. The van der Waals surface area contributed by atoms with E-state index in [2.05, 4.69) is 40.1 Å². The summed E-state index contributed by atoms with van der Waals surface area (Å²) >= 11 is 3.24. The van der Waals surface area contributed by atoms with Crippen molar-refractivity contribution in [1.82, 2.24) is 10.3 Å². The molecular weight excluding hydrogens is 335 g/mol. The van der Waals surface area contributed by atoms with Crippen LogP contribution in [0.5, 0.6) is 11.6 Å². The molecule has 1 aromatic heterocycles. The molecule has 0 fully saturated rings. The van der Waals surface area contributed by atoms with Gasteiger partial charge in [-0.25, -0.2) is 9.37 Å². The Bertz CT molecular complexity index is 586. The SMILES string of the molecule is CCCNC(C)c1ccnc(Oc2cc(F)cc(Br)c2)c1. The average Bonchev–Trinajstić information content (AvgIpc) is 2.44. The van der Waals surface area contributed by atoms with Crippen LogP contribution in [-0.4, -0.2) is 11.5 Å². The number of halogens is 2. The molecule has 0 bridgehead atoms. The second-order valence-electron chi connectivity index (χ2n) is 4.81. The smallest absolute Gasteiger partial charge is 0.219 e. The Hall–Kier alpha value is -1.46. The van der Waals surface area contributed by atoms with Gasteiger partial charge in [-0.2, -0.15) is 0 Å². The molecule has 0 aliphatic heterocycles. The van der Waals surface area contributed by atoms with E-state index in [1.165, 1.54) is 12.1 Å². The highest BCUT2D eigenvalue weighted by atomic mass is 79.9. The molecule has 1 N–H and O–H groups in total. The Balaban J connectivity index is 2.13. The van der Waals surface area contributed by atoms with Crippen LogP contribution < -0.4 is 10.1 Å². The van der Waals surface area contributed by atoms with Gasteiger partial charge in [0.25, 0.3) is 0 Å². The second-order valence-corrected chi connectivity index (χ2v) is 5.73. The highest BCUT2D eigenvalue weighted by Crippen LogP contribution is 2.26. The first kappa shape index (κ1) is 15.9. The molecule has 112 valence electrons. The van der Waals surface area contributed by atoms with Crippen molar-refractivity contribution >= 4 is 15.9 Å². The van der Waals surface area contributed by atoms with Crippen molar-refractivity contribution in [3.05, 3.63) is 52.4 Å². The molecule has 0 saturated heterocycles. The first-order chi connectivity index (χ1) is 10.1. The molecule has 0 radical (unpaired) electrons. The van der Waals surface area contributed by atoms with Gasteiger partial charge in [0.2, 0.25) is 5.88 Å². The van der Waals surface area contributed by atoms with Crippen molar-refractivity contribution in [3.63, 3.8) is 0 Å². The van der Waals surface area contributed by atoms with Crippen LogP contribution in [0.2, 0.25) is 0 Å². The van der Waals surface area contributed by atoms with Gasteiger partial charge >= 0.3 is 0 Å². The van der Waals surface area contributed by atoms with Gasteiger partial charge in [-0.3, -0.25) is 0 Å². The monoisotopic (exact) mass is 352 g/mol. The molecule has 1 heterocycles. The van der Waals surface area contributed by atoms with Crippen LogP contribution in [-0.2, 0) is 0 Å². The number of hydrogen-bond acceptors (Lipinski definition) is 3. The predicted octanol–water partition coefficient (Wildman–Crippen LogP) is 4.84. The van der Waals surface area contributed by atoms with E-state index in [9.17, 15) is 4.39 Å². The van der Waals surface area contributed by atoms with E-state index in [4.69, 9.17) is 4.74 Å². The van der Waals surface area contributed by atoms with Crippen molar-refractivity contribution in [2.24, 2.45) is 0 Å². The summed E-state index contributed by atoms with van der Waals surface area (Å²) in [5.74, 6) is 0.518. The van der Waals surface area contributed by atoms with Gasteiger partial charge in [0, 0.05) is 28.8 Å². The molecule has 1 aromatic carbocycles. The first-order valence-electron chi connectivity index (χ1n) is 6.91. The molecule has 3 nitrogen and oxygen atoms in total. The lowest BCUT2D eigenvalue weighted by Crippen LogP contribution is -2.19. The van der Waals surface area contributed by atoms with Crippen LogP contribution in [0.3, 0.4) is 0 Å². The first-order valence-corrected chi connectivity index (χ1v) is 7.71. The largest absolute Gasteiger partial charge is 0.439 e. The van der Waals surface area contributed by atoms with Crippen molar-refractivity contribution in [3.8, 4) is 11.6 Å². The molecule has 1 atom stereocenters. The quantitative estimate of drug-likeness (QED) is 0.807. The summed E-state index contributed by atoms with van der Waals surface area (Å²) in [6.07, 6.45) is 2.78. The zero-order valence-electron chi connectivity index (χ0n) is 12.1. The molecule has 0 aliphatic carbocycles.